The number of ketones is 1. The fourth-order valence-corrected chi connectivity index (χ4v) is 4.14. The summed E-state index contributed by atoms with van der Waals surface area (Å²) in [6.45, 7) is 5.73. The smallest absolute Gasteiger partial charge is 0.336 e. The van der Waals surface area contributed by atoms with Gasteiger partial charge < -0.3 is 23.9 Å². The molecule has 162 valence electrons. The van der Waals surface area contributed by atoms with E-state index in [0.717, 1.165) is 0 Å². The molecule has 8 nitrogen and oxygen atoms in total. The van der Waals surface area contributed by atoms with Gasteiger partial charge in [0.1, 0.15) is 24.0 Å². The molecule has 0 radical (unpaired) electrons. The maximum Gasteiger partial charge on any atom is 0.336 e. The van der Waals surface area contributed by atoms with Gasteiger partial charge in [-0.25, -0.2) is 4.79 Å². The van der Waals surface area contributed by atoms with Crippen molar-refractivity contribution < 1.29 is 33.0 Å². The summed E-state index contributed by atoms with van der Waals surface area (Å²) in [7, 11) is 2.78. The Morgan fingerprint density at radius 1 is 1.20 bits per heavy atom. The molecule has 1 aromatic heterocycles. The molecule has 0 aromatic carbocycles. The lowest BCUT2D eigenvalue weighted by atomic mass is 9.70. The van der Waals surface area contributed by atoms with E-state index in [2.05, 4.69) is 5.32 Å². The summed E-state index contributed by atoms with van der Waals surface area (Å²) in [6, 6.07) is 3.51. The van der Waals surface area contributed by atoms with Crippen molar-refractivity contribution in [3.05, 3.63) is 46.2 Å². The topological polar surface area (TPSA) is 104 Å². The molecule has 0 bridgehead atoms. The van der Waals surface area contributed by atoms with Crippen LogP contribution in [0.5, 0.6) is 0 Å². The van der Waals surface area contributed by atoms with E-state index in [1.165, 1.54) is 14.2 Å². The van der Waals surface area contributed by atoms with Crippen molar-refractivity contribution >= 4 is 17.7 Å². The quantitative estimate of drug-likeness (QED) is 0.427. The number of dihydropyridines is 1. The van der Waals surface area contributed by atoms with Crippen molar-refractivity contribution in [2.75, 3.05) is 27.4 Å². The van der Waals surface area contributed by atoms with Gasteiger partial charge in [0.2, 0.25) is 0 Å². The van der Waals surface area contributed by atoms with Gasteiger partial charge in [0, 0.05) is 24.1 Å². The van der Waals surface area contributed by atoms with Gasteiger partial charge in [-0.2, -0.15) is 0 Å². The third-order valence-electron chi connectivity index (χ3n) is 5.53. The van der Waals surface area contributed by atoms with E-state index >= 15 is 0 Å². The second-order valence-corrected chi connectivity index (χ2v) is 7.61. The predicted molar refractivity (Wildman–Crippen MR) is 106 cm³/mol. The minimum Gasteiger partial charge on any atom is -0.468 e. The van der Waals surface area contributed by atoms with Crippen molar-refractivity contribution in [1.82, 2.24) is 5.32 Å². The Kier molecular flexibility index (Phi) is 6.45. The van der Waals surface area contributed by atoms with Crippen molar-refractivity contribution in [2.45, 2.75) is 33.1 Å². The van der Waals surface area contributed by atoms with Crippen LogP contribution in [0.4, 0.5) is 0 Å². The van der Waals surface area contributed by atoms with Gasteiger partial charge in [-0.15, -0.1) is 0 Å². The first-order valence-electron chi connectivity index (χ1n) is 9.85. The van der Waals surface area contributed by atoms with Crippen LogP contribution in [0, 0.1) is 18.8 Å². The maximum atomic E-state index is 13.5. The zero-order chi connectivity index (χ0) is 22.0. The van der Waals surface area contributed by atoms with E-state index < -0.39 is 23.8 Å². The summed E-state index contributed by atoms with van der Waals surface area (Å²) in [4.78, 5) is 38.7. The number of aryl methyl sites for hydroxylation is 1. The highest BCUT2D eigenvalue weighted by molar-refractivity contribution is 6.12. The number of Topliss-reactive ketones (excluding diaryl/α,β-unsaturated/α-hetero) is 1. The van der Waals surface area contributed by atoms with Gasteiger partial charge in [0.05, 0.1) is 25.2 Å². The summed E-state index contributed by atoms with van der Waals surface area (Å²) in [5.41, 5.74) is 1.91. The lowest BCUT2D eigenvalue weighted by molar-refractivity contribution is -0.151. The first kappa shape index (κ1) is 21.8. The Morgan fingerprint density at radius 3 is 2.53 bits per heavy atom. The van der Waals surface area contributed by atoms with Gasteiger partial charge >= 0.3 is 11.9 Å². The average molecular weight is 417 g/mol. The van der Waals surface area contributed by atoms with Gasteiger partial charge in [0.25, 0.3) is 0 Å². The monoisotopic (exact) mass is 417 g/mol. The summed E-state index contributed by atoms with van der Waals surface area (Å²) >= 11 is 0. The summed E-state index contributed by atoms with van der Waals surface area (Å²) < 4.78 is 21.0. The number of carbonyl (C=O) groups is 3. The normalized spacial score (nSPS) is 23.8. The molecule has 0 amide bonds. The molecule has 1 N–H and O–H groups in total. The molecule has 2 heterocycles. The SMILES string of the molecule is COCCOC(=O)C1=C(C)NC2=C(C(=O)[C@H](C(=O)OC)[C@@H](C)C2)[C@H]1c1ccc(C)o1. The van der Waals surface area contributed by atoms with Gasteiger partial charge in [-0.1, -0.05) is 6.92 Å². The molecule has 0 saturated carbocycles. The van der Waals surface area contributed by atoms with Gasteiger partial charge in [-0.3, -0.25) is 9.59 Å². The Morgan fingerprint density at radius 2 is 1.93 bits per heavy atom. The number of ether oxygens (including phenoxy) is 3. The number of allylic oxidation sites excluding steroid dienone is 3. The molecule has 0 fully saturated rings. The average Bonchev–Trinajstić information content (AvgIpc) is 3.12. The zero-order valence-corrected chi connectivity index (χ0v) is 17.9. The standard InChI is InChI=1S/C22H27NO7/c1-11-10-14-18(20(24)16(11)21(25)28-5)19(15-7-6-12(2)30-15)17(13(3)23-14)22(26)29-9-8-27-4/h6-7,11,16,19,23H,8-10H2,1-5H3/t11-,16+,19-/m0/s1. The Balaban J connectivity index is 2.08. The van der Waals surface area contributed by atoms with Crippen LogP contribution in [0.1, 0.15) is 37.7 Å². The van der Waals surface area contributed by atoms with Crippen LogP contribution in [0.15, 0.2) is 39.1 Å². The lowest BCUT2D eigenvalue weighted by Crippen LogP contribution is -2.43. The van der Waals surface area contributed by atoms with Crippen LogP contribution < -0.4 is 5.32 Å². The van der Waals surface area contributed by atoms with Crippen molar-refractivity contribution in [2.24, 2.45) is 11.8 Å². The molecule has 1 aliphatic heterocycles. The molecule has 2 aliphatic rings. The fraction of sp³-hybridized carbons (Fsp3) is 0.500. The number of furan rings is 1. The summed E-state index contributed by atoms with van der Waals surface area (Å²) in [5, 5.41) is 3.20. The predicted octanol–water partition coefficient (Wildman–Crippen LogP) is 2.39. The molecule has 0 spiro atoms. The Bertz CT molecular complexity index is 924. The minimum atomic E-state index is -0.932. The van der Waals surface area contributed by atoms with Crippen molar-refractivity contribution in [3.8, 4) is 0 Å². The molecule has 8 heteroatoms. The van der Waals surface area contributed by atoms with Gasteiger partial charge in [0.15, 0.2) is 5.78 Å². The van der Waals surface area contributed by atoms with E-state index in [9.17, 15) is 14.4 Å². The number of rotatable bonds is 6. The largest absolute Gasteiger partial charge is 0.468 e. The third kappa shape index (κ3) is 3.92. The van der Waals surface area contributed by atoms with Crippen LogP contribution >= 0.6 is 0 Å². The number of nitrogens with one attached hydrogen (secondary N) is 1. The van der Waals surface area contributed by atoms with Crippen LogP contribution in [-0.4, -0.2) is 45.2 Å². The summed E-state index contributed by atoms with van der Waals surface area (Å²) in [6.07, 6.45) is 0.473. The van der Waals surface area contributed by atoms with Crippen LogP contribution in [0.2, 0.25) is 0 Å². The number of methoxy groups -OCH3 is 2. The number of hydrogen-bond donors (Lipinski definition) is 1. The first-order valence-corrected chi connectivity index (χ1v) is 9.85. The molecular weight excluding hydrogens is 390 g/mol. The zero-order valence-electron chi connectivity index (χ0n) is 17.9. The molecular formula is C22H27NO7. The number of carbonyl (C=O) groups excluding carboxylic acids is 3. The molecule has 3 rings (SSSR count). The highest BCUT2D eigenvalue weighted by Gasteiger charge is 2.48. The second-order valence-electron chi connectivity index (χ2n) is 7.61. The highest BCUT2D eigenvalue weighted by atomic mass is 16.6. The van der Waals surface area contributed by atoms with E-state index in [4.69, 9.17) is 18.6 Å². The molecule has 30 heavy (non-hydrogen) atoms. The number of esters is 2. The Hall–Kier alpha value is -2.87. The second kappa shape index (κ2) is 8.87. The molecule has 1 aliphatic carbocycles. The third-order valence-corrected chi connectivity index (χ3v) is 5.53. The van der Waals surface area contributed by atoms with Crippen molar-refractivity contribution in [3.63, 3.8) is 0 Å². The maximum absolute atomic E-state index is 13.5. The van der Waals surface area contributed by atoms with Crippen LogP contribution in [0.25, 0.3) is 0 Å². The van der Waals surface area contributed by atoms with Crippen molar-refractivity contribution in [1.29, 1.82) is 0 Å². The first-order chi connectivity index (χ1) is 14.3. The van der Waals surface area contributed by atoms with E-state index in [1.54, 1.807) is 26.0 Å². The van der Waals surface area contributed by atoms with Gasteiger partial charge in [-0.05, 0) is 38.3 Å². The summed E-state index contributed by atoms with van der Waals surface area (Å²) in [5.74, 6) is -2.35. The van der Waals surface area contributed by atoms with Crippen LogP contribution in [-0.2, 0) is 28.6 Å². The molecule has 1 aromatic rings. The molecule has 0 unspecified atom stereocenters. The van der Waals surface area contributed by atoms with Crippen LogP contribution in [0.3, 0.4) is 0 Å². The lowest BCUT2D eigenvalue weighted by Gasteiger charge is -2.37. The highest BCUT2D eigenvalue weighted by Crippen LogP contribution is 2.45. The van der Waals surface area contributed by atoms with E-state index in [0.29, 0.717) is 34.9 Å². The molecule has 0 saturated heterocycles. The number of hydrogen-bond acceptors (Lipinski definition) is 8. The van der Waals surface area contributed by atoms with E-state index in [1.807, 2.05) is 6.92 Å². The fourth-order valence-electron chi connectivity index (χ4n) is 4.14. The minimum absolute atomic E-state index is 0.0810. The van der Waals surface area contributed by atoms with E-state index in [-0.39, 0.29) is 30.5 Å². The Labute approximate surface area is 175 Å². The molecule has 3 atom stereocenters.